The van der Waals surface area contributed by atoms with Crippen LogP contribution in [0, 0.1) is 5.92 Å². The predicted molar refractivity (Wildman–Crippen MR) is 145 cm³/mol. The molecule has 1 aromatic carbocycles. The molecule has 0 radical (unpaired) electrons. The third kappa shape index (κ3) is 5.81. The number of benzene rings is 1. The van der Waals surface area contributed by atoms with Crippen molar-refractivity contribution in [2.45, 2.75) is 75.8 Å². The highest BCUT2D eigenvalue weighted by molar-refractivity contribution is 6.35. The molecule has 4 rings (SSSR count). The quantitative estimate of drug-likeness (QED) is 0.467. The van der Waals surface area contributed by atoms with Gasteiger partial charge < -0.3 is 34.1 Å². The van der Waals surface area contributed by atoms with Gasteiger partial charge in [0, 0.05) is 26.5 Å². The highest BCUT2D eigenvalue weighted by atomic mass is 35.5. The fraction of sp³-hybridized carbons (Fsp3) is 0.571. The molecule has 2 amide bonds. The number of anilines is 1. The van der Waals surface area contributed by atoms with E-state index in [4.69, 9.17) is 30.5 Å². The number of rotatable bonds is 2. The van der Waals surface area contributed by atoms with Gasteiger partial charge in [-0.15, -0.1) is 0 Å². The number of epoxide rings is 1. The summed E-state index contributed by atoms with van der Waals surface area (Å²) in [6, 6.07) is 3.63. The van der Waals surface area contributed by atoms with Crippen molar-refractivity contribution in [3.63, 3.8) is 0 Å². The van der Waals surface area contributed by atoms with E-state index in [9.17, 15) is 19.8 Å². The van der Waals surface area contributed by atoms with Crippen LogP contribution in [0.2, 0.25) is 5.02 Å². The Morgan fingerprint density at radius 3 is 2.64 bits per heavy atom. The fourth-order valence-corrected chi connectivity index (χ4v) is 5.78. The van der Waals surface area contributed by atoms with Crippen LogP contribution in [0.3, 0.4) is 0 Å². The Bertz CT molecular complexity index is 1190. The lowest BCUT2D eigenvalue weighted by Crippen LogP contribution is -2.63. The summed E-state index contributed by atoms with van der Waals surface area (Å²) < 4.78 is 22.4. The van der Waals surface area contributed by atoms with Crippen molar-refractivity contribution in [3.05, 3.63) is 46.5 Å². The molecule has 3 aliphatic rings. The molecule has 0 unspecified atom stereocenters. The van der Waals surface area contributed by atoms with Gasteiger partial charge in [-0.05, 0) is 38.0 Å². The molecule has 1 aromatic rings. The minimum atomic E-state index is -1.73. The molecule has 3 N–H and O–H groups in total. The first-order chi connectivity index (χ1) is 18.3. The molecule has 0 saturated carbocycles. The first-order valence-corrected chi connectivity index (χ1v) is 13.3. The molecule has 10 nitrogen and oxygen atoms in total. The molecular weight excluding hydrogens is 528 g/mol. The number of amides is 2. The largest absolute Gasteiger partial charge is 0.495 e. The summed E-state index contributed by atoms with van der Waals surface area (Å²) >= 11 is 6.58. The number of aliphatic hydroxyl groups is 2. The topological polar surface area (TPSA) is 130 Å². The van der Waals surface area contributed by atoms with Crippen molar-refractivity contribution in [2.24, 2.45) is 5.92 Å². The monoisotopic (exact) mass is 564 g/mol. The van der Waals surface area contributed by atoms with E-state index in [1.165, 1.54) is 19.1 Å². The second kappa shape index (κ2) is 11.1. The van der Waals surface area contributed by atoms with Crippen LogP contribution in [0.25, 0.3) is 0 Å². The molecule has 0 spiro atoms. The first-order valence-electron chi connectivity index (χ1n) is 12.9. The van der Waals surface area contributed by atoms with Gasteiger partial charge in [0.1, 0.15) is 28.6 Å². The van der Waals surface area contributed by atoms with Gasteiger partial charge >= 0.3 is 6.09 Å². The zero-order valence-electron chi connectivity index (χ0n) is 23.1. The lowest BCUT2D eigenvalue weighted by molar-refractivity contribution is -0.142. The van der Waals surface area contributed by atoms with Crippen LogP contribution >= 0.6 is 11.6 Å². The lowest BCUT2D eigenvalue weighted by atomic mass is 9.84. The predicted octanol–water partition coefficient (Wildman–Crippen LogP) is 3.12. The zero-order valence-corrected chi connectivity index (χ0v) is 23.8. The highest BCUT2D eigenvalue weighted by Crippen LogP contribution is 2.48. The Morgan fingerprint density at radius 2 is 1.97 bits per heavy atom. The van der Waals surface area contributed by atoms with E-state index >= 15 is 0 Å². The number of nitrogens with zero attached hydrogens (tertiary/aromatic N) is 1. The SMILES string of the molecule is COc1cc2cc(c1Cl)N(C)C(=O)C[C@H](O)[C@]1(C)O[C@@H]1[C@H](C)[C@H]1C[C@@](O)(NC(=O)O1)[C@H](OC)/C=C/C=C(/C)C2. The van der Waals surface area contributed by atoms with Crippen molar-refractivity contribution < 1.29 is 38.7 Å². The van der Waals surface area contributed by atoms with Gasteiger partial charge in [0.05, 0.1) is 31.4 Å². The molecule has 2 fully saturated rings. The number of nitrogens with one attached hydrogen (secondary N) is 1. The standard InChI is InChI=1S/C28H37ClN2O8/c1-15-8-7-9-22(37-6)28(35)14-20(38-26(34)30-28)16(2)25-27(3,39-25)21(32)13-23(33)31(4)18-11-17(10-15)12-19(36-5)24(18)29/h7-9,11-12,16,20-22,25,32,35H,10,13-14H2,1-6H3,(H,30,34)/b9-7+,15-8-/t16-,20-,21+,22-,25-,27+,28+/m1/s1. The second-order valence-electron chi connectivity index (χ2n) is 10.8. The number of hydrogen-bond acceptors (Lipinski definition) is 8. The Morgan fingerprint density at radius 1 is 1.26 bits per heavy atom. The van der Waals surface area contributed by atoms with Crippen molar-refractivity contribution in [3.8, 4) is 5.75 Å². The maximum atomic E-state index is 13.3. The summed E-state index contributed by atoms with van der Waals surface area (Å²) in [6.07, 6.45) is 1.63. The summed E-state index contributed by atoms with van der Waals surface area (Å²) in [7, 11) is 4.56. The van der Waals surface area contributed by atoms with Gasteiger partial charge in [0.25, 0.3) is 0 Å². The third-order valence-electron chi connectivity index (χ3n) is 7.98. The van der Waals surface area contributed by atoms with Crippen LogP contribution in [0.15, 0.2) is 35.9 Å². The summed E-state index contributed by atoms with van der Waals surface area (Å²) in [5.74, 6) is -0.323. The molecular formula is C28H37ClN2O8. The molecule has 0 aliphatic carbocycles. The number of halogens is 1. The molecule has 7 atom stereocenters. The molecule has 3 aliphatic heterocycles. The van der Waals surface area contributed by atoms with Gasteiger partial charge in [0.2, 0.25) is 5.91 Å². The molecule has 4 bridgehead atoms. The van der Waals surface area contributed by atoms with E-state index in [0.29, 0.717) is 17.9 Å². The number of allylic oxidation sites excluding steroid dienone is 3. The number of methoxy groups -OCH3 is 2. The van der Waals surface area contributed by atoms with E-state index in [2.05, 4.69) is 5.32 Å². The highest BCUT2D eigenvalue weighted by Gasteiger charge is 2.62. The third-order valence-corrected chi connectivity index (χ3v) is 8.36. The van der Waals surface area contributed by atoms with Crippen molar-refractivity contribution in [1.29, 1.82) is 0 Å². The lowest BCUT2D eigenvalue weighted by Gasteiger charge is -2.42. The van der Waals surface area contributed by atoms with Crippen molar-refractivity contribution >= 4 is 29.3 Å². The average Bonchev–Trinajstić information content (AvgIpc) is 3.58. The van der Waals surface area contributed by atoms with Crippen LogP contribution in [-0.4, -0.2) is 79.2 Å². The molecule has 11 heteroatoms. The summed E-state index contributed by atoms with van der Waals surface area (Å²) in [5, 5.41) is 25.3. The molecule has 0 aromatic heterocycles. The summed E-state index contributed by atoms with van der Waals surface area (Å²) in [4.78, 5) is 27.1. The van der Waals surface area contributed by atoms with Crippen molar-refractivity contribution in [1.82, 2.24) is 5.32 Å². The minimum Gasteiger partial charge on any atom is -0.495 e. The van der Waals surface area contributed by atoms with Crippen LogP contribution in [0.4, 0.5) is 10.5 Å². The molecule has 3 heterocycles. The van der Waals surface area contributed by atoms with E-state index < -0.39 is 47.8 Å². The summed E-state index contributed by atoms with van der Waals surface area (Å²) in [6.45, 7) is 5.48. The van der Waals surface area contributed by atoms with E-state index in [-0.39, 0.29) is 23.8 Å². The normalized spacial score (nSPS) is 37.6. The van der Waals surface area contributed by atoms with Crippen molar-refractivity contribution in [2.75, 3.05) is 26.2 Å². The van der Waals surface area contributed by atoms with Gasteiger partial charge in [-0.3, -0.25) is 10.1 Å². The second-order valence-corrected chi connectivity index (χ2v) is 11.2. The van der Waals surface area contributed by atoms with Gasteiger partial charge in [-0.25, -0.2) is 4.79 Å². The van der Waals surface area contributed by atoms with E-state index in [1.807, 2.05) is 32.1 Å². The molecule has 214 valence electrons. The maximum Gasteiger partial charge on any atom is 0.409 e. The number of aliphatic hydroxyl groups excluding tert-OH is 1. The first kappa shape index (κ1) is 29.4. The smallest absolute Gasteiger partial charge is 0.409 e. The van der Waals surface area contributed by atoms with Crippen LogP contribution in [0.1, 0.15) is 39.2 Å². The van der Waals surface area contributed by atoms with Crippen LogP contribution in [0.5, 0.6) is 5.75 Å². The number of carbonyl (C=O) groups is 2. The fourth-order valence-electron chi connectivity index (χ4n) is 5.46. The van der Waals surface area contributed by atoms with Gasteiger partial charge in [-0.2, -0.15) is 0 Å². The average molecular weight is 565 g/mol. The van der Waals surface area contributed by atoms with E-state index in [1.54, 1.807) is 26.1 Å². The van der Waals surface area contributed by atoms with Gasteiger partial charge in [0.15, 0.2) is 5.72 Å². The van der Waals surface area contributed by atoms with Crippen LogP contribution < -0.4 is 15.0 Å². The Labute approximate surface area is 233 Å². The zero-order chi connectivity index (χ0) is 28.7. The molecule has 2 saturated heterocycles. The number of carbonyl (C=O) groups excluding carboxylic acids is 2. The van der Waals surface area contributed by atoms with E-state index in [0.717, 1.165) is 11.1 Å². The number of ether oxygens (including phenoxy) is 4. The van der Waals surface area contributed by atoms with Crippen LogP contribution in [-0.2, 0) is 25.4 Å². The summed E-state index contributed by atoms with van der Waals surface area (Å²) in [5.41, 5.74) is -0.479. The Balaban J connectivity index is 1.74. The van der Waals surface area contributed by atoms with Gasteiger partial charge in [-0.1, -0.05) is 42.3 Å². The number of alkyl carbamates (subject to hydrolysis) is 1. The number of hydrogen-bond donors (Lipinski definition) is 3. The minimum absolute atomic E-state index is 0.0310. The Kier molecular flexibility index (Phi) is 8.35. The number of fused-ring (bicyclic) bond motifs is 5. The maximum absolute atomic E-state index is 13.3. The molecule has 39 heavy (non-hydrogen) atoms. The Hall–Kier alpha value is -2.63.